The zero-order valence-corrected chi connectivity index (χ0v) is 11.8. The van der Waals surface area contributed by atoms with Crippen molar-refractivity contribution in [3.8, 4) is 0 Å². The maximum atomic E-state index is 11.7. The van der Waals surface area contributed by atoms with Crippen molar-refractivity contribution in [2.24, 2.45) is 0 Å². The molecular weight excluding hydrogens is 268 g/mol. The van der Waals surface area contributed by atoms with E-state index >= 15 is 0 Å². The van der Waals surface area contributed by atoms with Crippen LogP contribution in [0.3, 0.4) is 0 Å². The fraction of sp³-hybridized carbons (Fsp3) is 0.417. The molecule has 0 atom stereocenters. The Bertz CT molecular complexity index is 502. The fourth-order valence-corrected chi connectivity index (χ4v) is 2.05. The van der Waals surface area contributed by atoms with Crippen LogP contribution in [-0.4, -0.2) is 35.0 Å². The molecule has 0 aliphatic rings. The van der Waals surface area contributed by atoms with Crippen LogP contribution in [0, 0.1) is 0 Å². The maximum absolute atomic E-state index is 11.7. The lowest BCUT2D eigenvalue weighted by atomic mass is 10.1. The number of carboxylic acid groups (broad SMARTS) is 1. The van der Waals surface area contributed by atoms with Crippen LogP contribution in [0.15, 0.2) is 12.1 Å². The molecule has 0 fully saturated rings. The number of carbonyl (C=O) groups excluding carboxylic acids is 2. The van der Waals surface area contributed by atoms with E-state index in [9.17, 15) is 14.4 Å². The summed E-state index contributed by atoms with van der Waals surface area (Å²) in [7, 11) is 0. The smallest absolute Gasteiger partial charge is 0.345 e. The van der Waals surface area contributed by atoms with Crippen LogP contribution in [0.2, 0.25) is 0 Å². The lowest BCUT2D eigenvalue weighted by Crippen LogP contribution is -2.45. The molecule has 0 radical (unpaired) electrons. The molecule has 19 heavy (non-hydrogen) atoms. The Kier molecular flexibility index (Phi) is 4.66. The Morgan fingerprint density at radius 2 is 1.79 bits per heavy atom. The summed E-state index contributed by atoms with van der Waals surface area (Å²) < 4.78 is 0. The van der Waals surface area contributed by atoms with Gasteiger partial charge in [0.2, 0.25) is 5.91 Å². The van der Waals surface area contributed by atoms with E-state index in [4.69, 9.17) is 5.11 Å². The second-order valence-corrected chi connectivity index (χ2v) is 6.03. The van der Waals surface area contributed by atoms with E-state index in [0.717, 1.165) is 11.3 Å². The van der Waals surface area contributed by atoms with Crippen LogP contribution in [0.5, 0.6) is 0 Å². The summed E-state index contributed by atoms with van der Waals surface area (Å²) in [6.45, 7) is 5.37. The summed E-state index contributed by atoms with van der Waals surface area (Å²) in [5, 5.41) is 13.9. The number of aromatic carboxylic acids is 1. The standard InChI is InChI=1S/C12H16N2O4S/c1-12(2,3)14-9(15)6-13-10(16)7-4-5-8(19-7)11(17)18/h4-5H,6H2,1-3H3,(H,13,16)(H,14,15)(H,17,18). The predicted octanol–water partition coefficient (Wildman–Crippen LogP) is 1.09. The fourth-order valence-electron chi connectivity index (χ4n) is 1.28. The van der Waals surface area contributed by atoms with Crippen LogP contribution in [-0.2, 0) is 4.79 Å². The molecule has 104 valence electrons. The highest BCUT2D eigenvalue weighted by Gasteiger charge is 2.16. The van der Waals surface area contributed by atoms with Crippen molar-refractivity contribution in [3.63, 3.8) is 0 Å². The number of carbonyl (C=O) groups is 3. The summed E-state index contributed by atoms with van der Waals surface area (Å²) in [5.74, 6) is -1.83. The van der Waals surface area contributed by atoms with Gasteiger partial charge in [0.1, 0.15) is 4.88 Å². The SMILES string of the molecule is CC(C)(C)NC(=O)CNC(=O)c1ccc(C(=O)O)s1. The molecule has 0 bridgehead atoms. The predicted molar refractivity (Wildman–Crippen MR) is 71.5 cm³/mol. The molecule has 0 saturated carbocycles. The van der Waals surface area contributed by atoms with Crippen molar-refractivity contribution >= 4 is 29.1 Å². The first-order valence-corrected chi connectivity index (χ1v) is 6.43. The molecule has 6 nitrogen and oxygen atoms in total. The normalized spacial score (nSPS) is 10.9. The van der Waals surface area contributed by atoms with Crippen molar-refractivity contribution in [1.29, 1.82) is 0 Å². The first kappa shape index (κ1) is 15.2. The van der Waals surface area contributed by atoms with E-state index in [1.54, 1.807) is 0 Å². The Morgan fingerprint density at radius 3 is 2.26 bits per heavy atom. The maximum Gasteiger partial charge on any atom is 0.345 e. The van der Waals surface area contributed by atoms with Gasteiger partial charge in [-0.1, -0.05) is 0 Å². The zero-order chi connectivity index (χ0) is 14.6. The third kappa shape index (κ3) is 5.09. The van der Waals surface area contributed by atoms with Crippen molar-refractivity contribution in [2.75, 3.05) is 6.54 Å². The van der Waals surface area contributed by atoms with Crippen LogP contribution >= 0.6 is 11.3 Å². The third-order valence-electron chi connectivity index (χ3n) is 1.96. The van der Waals surface area contributed by atoms with Crippen molar-refractivity contribution in [3.05, 3.63) is 21.9 Å². The minimum Gasteiger partial charge on any atom is -0.477 e. The minimum atomic E-state index is -1.07. The highest BCUT2D eigenvalue weighted by Crippen LogP contribution is 2.15. The van der Waals surface area contributed by atoms with Gasteiger partial charge in [-0.25, -0.2) is 4.79 Å². The molecular formula is C12H16N2O4S. The topological polar surface area (TPSA) is 95.5 Å². The second-order valence-electron chi connectivity index (χ2n) is 4.95. The molecule has 1 aromatic heterocycles. The van der Waals surface area contributed by atoms with E-state index in [1.807, 2.05) is 20.8 Å². The highest BCUT2D eigenvalue weighted by molar-refractivity contribution is 7.15. The molecule has 0 saturated heterocycles. The molecule has 0 aromatic carbocycles. The quantitative estimate of drug-likeness (QED) is 0.771. The zero-order valence-electron chi connectivity index (χ0n) is 10.9. The molecule has 0 spiro atoms. The van der Waals surface area contributed by atoms with Gasteiger partial charge in [0.15, 0.2) is 0 Å². The second kappa shape index (κ2) is 5.83. The average molecular weight is 284 g/mol. The largest absolute Gasteiger partial charge is 0.477 e. The van der Waals surface area contributed by atoms with Crippen molar-refractivity contribution in [2.45, 2.75) is 26.3 Å². The number of amides is 2. The Hall–Kier alpha value is -1.89. The first-order chi connectivity index (χ1) is 8.69. The monoisotopic (exact) mass is 284 g/mol. The van der Waals surface area contributed by atoms with Crippen LogP contribution in [0.4, 0.5) is 0 Å². The minimum absolute atomic E-state index is 0.0873. The van der Waals surface area contributed by atoms with E-state index in [1.165, 1.54) is 12.1 Å². The van der Waals surface area contributed by atoms with Gasteiger partial charge in [0.25, 0.3) is 5.91 Å². The number of hydrogen-bond acceptors (Lipinski definition) is 4. The van der Waals surface area contributed by atoms with Gasteiger partial charge >= 0.3 is 5.97 Å². The molecule has 2 amide bonds. The van der Waals surface area contributed by atoms with Gasteiger partial charge in [-0.15, -0.1) is 11.3 Å². The molecule has 0 aliphatic heterocycles. The summed E-state index contributed by atoms with van der Waals surface area (Å²) in [5.41, 5.74) is -0.360. The highest BCUT2D eigenvalue weighted by atomic mass is 32.1. The molecule has 3 N–H and O–H groups in total. The molecule has 0 aliphatic carbocycles. The van der Waals surface area contributed by atoms with E-state index in [0.29, 0.717) is 0 Å². The van der Waals surface area contributed by atoms with Crippen LogP contribution in [0.25, 0.3) is 0 Å². The molecule has 1 aromatic rings. The average Bonchev–Trinajstić information content (AvgIpc) is 2.72. The Labute approximate surface area is 114 Å². The number of hydrogen-bond donors (Lipinski definition) is 3. The van der Waals surface area contributed by atoms with Crippen LogP contribution in [0.1, 0.15) is 40.1 Å². The van der Waals surface area contributed by atoms with E-state index < -0.39 is 11.9 Å². The molecule has 0 unspecified atom stereocenters. The summed E-state index contributed by atoms with van der Waals surface area (Å²) in [6, 6.07) is 2.78. The number of thiophene rings is 1. The lowest BCUT2D eigenvalue weighted by molar-refractivity contribution is -0.121. The first-order valence-electron chi connectivity index (χ1n) is 5.61. The Morgan fingerprint density at radius 1 is 1.21 bits per heavy atom. The van der Waals surface area contributed by atoms with Gasteiger partial charge in [0.05, 0.1) is 11.4 Å². The van der Waals surface area contributed by atoms with E-state index in [-0.39, 0.29) is 27.7 Å². The number of rotatable bonds is 4. The summed E-state index contributed by atoms with van der Waals surface area (Å²) in [4.78, 5) is 34.2. The summed E-state index contributed by atoms with van der Waals surface area (Å²) >= 11 is 0.871. The Balaban J connectivity index is 2.51. The van der Waals surface area contributed by atoms with Crippen LogP contribution < -0.4 is 10.6 Å². The van der Waals surface area contributed by atoms with Crippen molar-refractivity contribution in [1.82, 2.24) is 10.6 Å². The van der Waals surface area contributed by atoms with Gasteiger partial charge < -0.3 is 15.7 Å². The van der Waals surface area contributed by atoms with Gasteiger partial charge in [0, 0.05) is 5.54 Å². The molecule has 1 rings (SSSR count). The van der Waals surface area contributed by atoms with Crippen molar-refractivity contribution < 1.29 is 19.5 Å². The summed E-state index contributed by atoms with van der Waals surface area (Å²) in [6.07, 6.45) is 0. The van der Waals surface area contributed by atoms with Gasteiger partial charge in [-0.05, 0) is 32.9 Å². The molecule has 7 heteroatoms. The molecule has 1 heterocycles. The van der Waals surface area contributed by atoms with E-state index in [2.05, 4.69) is 10.6 Å². The lowest BCUT2D eigenvalue weighted by Gasteiger charge is -2.20. The third-order valence-corrected chi connectivity index (χ3v) is 3.04. The number of carboxylic acids is 1. The number of nitrogens with one attached hydrogen (secondary N) is 2. The van der Waals surface area contributed by atoms with Gasteiger partial charge in [-0.3, -0.25) is 9.59 Å². The van der Waals surface area contributed by atoms with Gasteiger partial charge in [-0.2, -0.15) is 0 Å².